The monoisotopic (exact) mass is 232 g/mol. The van der Waals surface area contributed by atoms with Gasteiger partial charge in [-0.05, 0) is 12.1 Å². The number of nitrogens with one attached hydrogen (secondary N) is 1. The number of hydrogen-bond acceptors (Lipinski definition) is 3. The highest BCUT2D eigenvalue weighted by atomic mass is 16.5. The van der Waals surface area contributed by atoms with Crippen LogP contribution in [0.2, 0.25) is 0 Å². The van der Waals surface area contributed by atoms with Crippen molar-refractivity contribution in [2.24, 2.45) is 0 Å². The molecule has 0 aliphatic heterocycles. The molecule has 0 fully saturated rings. The molecule has 0 radical (unpaired) electrons. The summed E-state index contributed by atoms with van der Waals surface area (Å²) in [6.07, 6.45) is 0.608. The first-order valence-corrected chi connectivity index (χ1v) is 5.29. The second kappa shape index (κ2) is 6.44. The predicted octanol–water partition coefficient (Wildman–Crippen LogP) is 1.16. The molecular formula is C13H16N2O2. The summed E-state index contributed by atoms with van der Waals surface area (Å²) >= 11 is 0. The van der Waals surface area contributed by atoms with E-state index in [1.54, 1.807) is 19.2 Å². The van der Waals surface area contributed by atoms with Gasteiger partial charge in [-0.3, -0.25) is 4.79 Å². The molecular weight excluding hydrogens is 216 g/mol. The van der Waals surface area contributed by atoms with Gasteiger partial charge >= 0.3 is 0 Å². The lowest BCUT2D eigenvalue weighted by atomic mass is 10.2. The average molecular weight is 232 g/mol. The number of amides is 1. The van der Waals surface area contributed by atoms with E-state index in [0.717, 1.165) is 5.56 Å². The number of nitrogens with two attached hydrogens (primary N) is 1. The number of carbonyl (C=O) groups is 1. The van der Waals surface area contributed by atoms with E-state index in [4.69, 9.17) is 10.5 Å². The van der Waals surface area contributed by atoms with Crippen LogP contribution in [-0.4, -0.2) is 19.6 Å². The van der Waals surface area contributed by atoms with Crippen molar-refractivity contribution in [3.05, 3.63) is 23.8 Å². The Morgan fingerprint density at radius 1 is 1.47 bits per heavy atom. The Bertz CT molecular complexity index is 458. The van der Waals surface area contributed by atoms with Gasteiger partial charge in [-0.15, -0.1) is 0 Å². The van der Waals surface area contributed by atoms with E-state index in [-0.39, 0.29) is 5.91 Å². The number of methoxy groups -OCH3 is 1. The van der Waals surface area contributed by atoms with Gasteiger partial charge in [-0.2, -0.15) is 0 Å². The Morgan fingerprint density at radius 2 is 2.24 bits per heavy atom. The molecule has 0 bridgehead atoms. The normalized spacial score (nSPS) is 9.06. The summed E-state index contributed by atoms with van der Waals surface area (Å²) in [5.74, 6) is 6.58. The third-order valence-electron chi connectivity index (χ3n) is 2.02. The maximum atomic E-state index is 10.6. The van der Waals surface area contributed by atoms with Crippen LogP contribution in [0.15, 0.2) is 18.2 Å². The molecule has 0 spiro atoms. The van der Waals surface area contributed by atoms with Crippen molar-refractivity contribution < 1.29 is 9.53 Å². The van der Waals surface area contributed by atoms with E-state index >= 15 is 0 Å². The molecule has 0 aliphatic rings. The SMILES string of the molecule is COc1cc(N)cc(C#CCCNC(C)=O)c1. The van der Waals surface area contributed by atoms with E-state index in [0.29, 0.717) is 24.4 Å². The Hall–Kier alpha value is -2.15. The van der Waals surface area contributed by atoms with Crippen molar-refractivity contribution >= 4 is 11.6 Å². The molecule has 0 aliphatic carbocycles. The zero-order valence-corrected chi connectivity index (χ0v) is 10.0. The number of hydrogen-bond donors (Lipinski definition) is 2. The van der Waals surface area contributed by atoms with Crippen molar-refractivity contribution in [1.29, 1.82) is 0 Å². The average Bonchev–Trinajstić information content (AvgIpc) is 2.27. The van der Waals surface area contributed by atoms with Crippen LogP contribution in [0, 0.1) is 11.8 Å². The van der Waals surface area contributed by atoms with Crippen molar-refractivity contribution in [1.82, 2.24) is 5.32 Å². The summed E-state index contributed by atoms with van der Waals surface area (Å²) in [5.41, 5.74) is 7.13. The van der Waals surface area contributed by atoms with Gasteiger partial charge in [-0.25, -0.2) is 0 Å². The highest BCUT2D eigenvalue weighted by molar-refractivity contribution is 5.72. The standard InChI is InChI=1S/C13H16N2O2/c1-10(16)15-6-4-3-5-11-7-12(14)9-13(8-11)17-2/h7-9H,4,6,14H2,1-2H3,(H,15,16). The summed E-state index contributed by atoms with van der Waals surface area (Å²) in [4.78, 5) is 10.6. The molecule has 0 saturated carbocycles. The Balaban J connectivity index is 2.59. The lowest BCUT2D eigenvalue weighted by Gasteiger charge is -2.01. The highest BCUT2D eigenvalue weighted by Crippen LogP contribution is 2.17. The first-order valence-electron chi connectivity index (χ1n) is 5.29. The molecule has 1 aromatic rings. The first-order chi connectivity index (χ1) is 8.11. The molecule has 0 heterocycles. The van der Waals surface area contributed by atoms with E-state index in [9.17, 15) is 4.79 Å². The Morgan fingerprint density at radius 3 is 2.88 bits per heavy atom. The van der Waals surface area contributed by atoms with E-state index < -0.39 is 0 Å². The lowest BCUT2D eigenvalue weighted by molar-refractivity contribution is -0.118. The second-order valence-corrected chi connectivity index (χ2v) is 3.53. The molecule has 4 heteroatoms. The maximum Gasteiger partial charge on any atom is 0.216 e. The van der Waals surface area contributed by atoms with Gasteiger partial charge in [0.05, 0.1) is 7.11 Å². The van der Waals surface area contributed by atoms with Crippen molar-refractivity contribution in [3.63, 3.8) is 0 Å². The van der Waals surface area contributed by atoms with Crippen LogP contribution in [0.25, 0.3) is 0 Å². The third kappa shape index (κ3) is 4.94. The van der Waals surface area contributed by atoms with Gasteiger partial charge in [0, 0.05) is 37.2 Å². The van der Waals surface area contributed by atoms with E-state index in [1.807, 2.05) is 6.07 Å². The summed E-state index contributed by atoms with van der Waals surface area (Å²) < 4.78 is 5.09. The lowest BCUT2D eigenvalue weighted by Crippen LogP contribution is -2.20. The first kappa shape index (κ1) is 12.9. The number of nitrogen functional groups attached to an aromatic ring is 1. The molecule has 0 atom stereocenters. The zero-order chi connectivity index (χ0) is 12.7. The number of benzene rings is 1. The second-order valence-electron chi connectivity index (χ2n) is 3.53. The van der Waals surface area contributed by atoms with Gasteiger partial charge in [0.15, 0.2) is 0 Å². The van der Waals surface area contributed by atoms with Crippen LogP contribution >= 0.6 is 0 Å². The van der Waals surface area contributed by atoms with Crippen LogP contribution in [0.1, 0.15) is 18.9 Å². The van der Waals surface area contributed by atoms with Gasteiger partial charge in [0.2, 0.25) is 5.91 Å². The number of ether oxygens (including phenoxy) is 1. The number of anilines is 1. The summed E-state index contributed by atoms with van der Waals surface area (Å²) in [5, 5.41) is 2.67. The maximum absolute atomic E-state index is 10.6. The van der Waals surface area contributed by atoms with Crippen molar-refractivity contribution in [2.75, 3.05) is 19.4 Å². The molecule has 4 nitrogen and oxygen atoms in total. The van der Waals surface area contributed by atoms with Gasteiger partial charge < -0.3 is 15.8 Å². The number of carbonyl (C=O) groups excluding carboxylic acids is 1. The largest absolute Gasteiger partial charge is 0.497 e. The fraction of sp³-hybridized carbons (Fsp3) is 0.308. The summed E-state index contributed by atoms with van der Waals surface area (Å²) in [7, 11) is 1.59. The van der Waals surface area contributed by atoms with Gasteiger partial charge in [-0.1, -0.05) is 11.8 Å². The van der Waals surface area contributed by atoms with Gasteiger partial charge in [0.1, 0.15) is 5.75 Å². The molecule has 90 valence electrons. The van der Waals surface area contributed by atoms with Crippen molar-refractivity contribution in [3.8, 4) is 17.6 Å². The Labute approximate surface area is 101 Å². The minimum absolute atomic E-state index is 0.0441. The minimum atomic E-state index is -0.0441. The molecule has 0 aromatic heterocycles. The predicted molar refractivity (Wildman–Crippen MR) is 67.6 cm³/mol. The molecule has 17 heavy (non-hydrogen) atoms. The minimum Gasteiger partial charge on any atom is -0.497 e. The van der Waals surface area contributed by atoms with E-state index in [2.05, 4.69) is 17.2 Å². The third-order valence-corrected chi connectivity index (χ3v) is 2.02. The Kier molecular flexibility index (Phi) is 4.89. The molecule has 0 unspecified atom stereocenters. The summed E-state index contributed by atoms with van der Waals surface area (Å²) in [6, 6.07) is 5.35. The molecule has 1 rings (SSSR count). The molecule has 1 aromatic carbocycles. The topological polar surface area (TPSA) is 64.3 Å². The highest BCUT2D eigenvalue weighted by Gasteiger charge is 1.96. The quantitative estimate of drug-likeness (QED) is 0.467. The van der Waals surface area contributed by atoms with Crippen molar-refractivity contribution in [2.45, 2.75) is 13.3 Å². The fourth-order valence-electron chi connectivity index (χ4n) is 1.28. The molecule has 0 saturated heterocycles. The van der Waals surface area contributed by atoms with E-state index in [1.165, 1.54) is 6.92 Å². The van der Waals surface area contributed by atoms with Crippen LogP contribution in [-0.2, 0) is 4.79 Å². The van der Waals surface area contributed by atoms with Crippen LogP contribution in [0.4, 0.5) is 5.69 Å². The number of rotatable bonds is 3. The van der Waals surface area contributed by atoms with Crippen LogP contribution in [0.3, 0.4) is 0 Å². The molecule has 1 amide bonds. The smallest absolute Gasteiger partial charge is 0.216 e. The summed E-state index contributed by atoms with van der Waals surface area (Å²) in [6.45, 7) is 2.04. The van der Waals surface area contributed by atoms with Gasteiger partial charge in [0.25, 0.3) is 0 Å². The van der Waals surface area contributed by atoms with Crippen LogP contribution in [0.5, 0.6) is 5.75 Å². The fourth-order valence-corrected chi connectivity index (χ4v) is 1.28. The zero-order valence-electron chi connectivity index (χ0n) is 10.0. The van der Waals surface area contributed by atoms with Crippen LogP contribution < -0.4 is 15.8 Å². The molecule has 3 N–H and O–H groups in total.